The number of fused-ring (bicyclic) bond motifs is 2. The molecule has 6 atom stereocenters. The average Bonchev–Trinajstić information content (AvgIpc) is 2.53. The molecule has 3 rings (SSSR count). The lowest BCUT2D eigenvalue weighted by Crippen LogP contribution is -2.53. The van der Waals surface area contributed by atoms with Crippen LogP contribution >= 0.6 is 0 Å². The highest BCUT2D eigenvalue weighted by atomic mass is 16.7. The van der Waals surface area contributed by atoms with Crippen molar-refractivity contribution in [2.24, 2.45) is 23.2 Å². The third kappa shape index (κ3) is 1.69. The highest BCUT2D eigenvalue weighted by molar-refractivity contribution is 5.75. The van der Waals surface area contributed by atoms with Gasteiger partial charge in [0.1, 0.15) is 0 Å². The maximum Gasteiger partial charge on any atom is 0.311 e. The van der Waals surface area contributed by atoms with Gasteiger partial charge in [0.15, 0.2) is 0 Å². The molecular weight excluding hydrogens is 244 g/mol. The van der Waals surface area contributed by atoms with Crippen LogP contribution in [0, 0.1) is 23.2 Å². The predicted octanol–water partition coefficient (Wildman–Crippen LogP) is 1.61. The maximum atomic E-state index is 11.7. The van der Waals surface area contributed by atoms with Gasteiger partial charge < -0.3 is 14.9 Å². The highest BCUT2D eigenvalue weighted by Gasteiger charge is 2.62. The Kier molecular flexibility index (Phi) is 2.64. The van der Waals surface area contributed by atoms with Gasteiger partial charge >= 0.3 is 5.97 Å². The number of hydrogen-bond acceptors (Lipinski definition) is 4. The monoisotopic (exact) mass is 266 g/mol. The van der Waals surface area contributed by atoms with Gasteiger partial charge in [0, 0.05) is 12.3 Å². The second kappa shape index (κ2) is 3.83. The van der Waals surface area contributed by atoms with Crippen LogP contribution in [0.4, 0.5) is 0 Å². The number of esters is 1. The summed E-state index contributed by atoms with van der Waals surface area (Å²) in [6, 6.07) is 0. The van der Waals surface area contributed by atoms with Crippen LogP contribution in [0.3, 0.4) is 0 Å². The molecule has 0 aromatic carbocycles. The van der Waals surface area contributed by atoms with Crippen LogP contribution in [0.5, 0.6) is 0 Å². The van der Waals surface area contributed by atoms with Crippen molar-refractivity contribution >= 4 is 5.97 Å². The van der Waals surface area contributed by atoms with Crippen molar-refractivity contribution in [2.45, 2.75) is 51.4 Å². The van der Waals surface area contributed by atoms with Gasteiger partial charge in [0.2, 0.25) is 5.79 Å². The molecule has 1 heterocycles. The molecule has 0 aromatic rings. The Morgan fingerprint density at radius 1 is 1.47 bits per heavy atom. The van der Waals surface area contributed by atoms with Crippen LogP contribution < -0.4 is 0 Å². The summed E-state index contributed by atoms with van der Waals surface area (Å²) in [5.74, 6) is -1.91. The number of carbonyl (C=O) groups is 1. The molecular formula is C15H22O4. The first-order valence-electron chi connectivity index (χ1n) is 7.09. The third-order valence-electron chi connectivity index (χ3n) is 5.68. The molecule has 0 bridgehead atoms. The Morgan fingerprint density at radius 2 is 2.16 bits per heavy atom. The van der Waals surface area contributed by atoms with Gasteiger partial charge in [-0.15, -0.1) is 0 Å². The van der Waals surface area contributed by atoms with Crippen LogP contribution in [0.25, 0.3) is 0 Å². The highest BCUT2D eigenvalue weighted by Crippen LogP contribution is 2.59. The number of ether oxygens (including phenoxy) is 1. The minimum Gasteiger partial charge on any atom is -0.433 e. The van der Waals surface area contributed by atoms with E-state index >= 15 is 0 Å². The molecule has 3 aliphatic rings. The van der Waals surface area contributed by atoms with Crippen LogP contribution in [0.1, 0.15) is 39.5 Å². The van der Waals surface area contributed by atoms with Gasteiger partial charge in [-0.05, 0) is 36.2 Å². The van der Waals surface area contributed by atoms with Crippen molar-refractivity contribution in [1.29, 1.82) is 0 Å². The van der Waals surface area contributed by atoms with Gasteiger partial charge in [-0.3, -0.25) is 4.79 Å². The molecule has 1 saturated heterocycles. The van der Waals surface area contributed by atoms with E-state index in [2.05, 4.69) is 13.5 Å². The van der Waals surface area contributed by atoms with Crippen molar-refractivity contribution < 1.29 is 19.7 Å². The summed E-state index contributed by atoms with van der Waals surface area (Å²) in [5.41, 5.74) is 0.730. The predicted molar refractivity (Wildman–Crippen MR) is 68.9 cm³/mol. The molecule has 106 valence electrons. The standard InChI is InChI=1S/C15H22O4/c1-8-10-6-11-9(2)13(17)19-15(11,18)7-14(10,3)5-4-12(8)16/h9-12,16,18H,1,4-7H2,2-3H3/t9?,10-,11?,12?,14+,15?/m0/s1. The summed E-state index contributed by atoms with van der Waals surface area (Å²) >= 11 is 0. The van der Waals surface area contributed by atoms with Gasteiger partial charge in [-0.2, -0.15) is 0 Å². The molecule has 4 heteroatoms. The zero-order valence-corrected chi connectivity index (χ0v) is 11.6. The van der Waals surface area contributed by atoms with E-state index in [1.54, 1.807) is 0 Å². The van der Waals surface area contributed by atoms with E-state index in [4.69, 9.17) is 4.74 Å². The molecule has 2 saturated carbocycles. The van der Waals surface area contributed by atoms with Gasteiger partial charge in [-0.1, -0.05) is 20.4 Å². The molecule has 1 aliphatic heterocycles. The molecule has 0 amide bonds. The van der Waals surface area contributed by atoms with E-state index in [0.717, 1.165) is 12.0 Å². The Balaban J connectivity index is 1.95. The number of aliphatic hydroxyl groups is 2. The van der Waals surface area contributed by atoms with Crippen molar-refractivity contribution in [3.8, 4) is 0 Å². The molecule has 4 unspecified atom stereocenters. The first-order chi connectivity index (χ1) is 8.77. The molecule has 19 heavy (non-hydrogen) atoms. The minimum atomic E-state index is -1.32. The van der Waals surface area contributed by atoms with Crippen LogP contribution in [0.15, 0.2) is 12.2 Å². The summed E-state index contributed by atoms with van der Waals surface area (Å²) in [6.45, 7) is 7.97. The van der Waals surface area contributed by atoms with Crippen molar-refractivity contribution in [1.82, 2.24) is 0 Å². The van der Waals surface area contributed by atoms with Gasteiger partial charge in [0.05, 0.1) is 12.0 Å². The molecule has 3 fully saturated rings. The van der Waals surface area contributed by atoms with Gasteiger partial charge in [-0.25, -0.2) is 0 Å². The first kappa shape index (κ1) is 13.1. The summed E-state index contributed by atoms with van der Waals surface area (Å²) in [4.78, 5) is 11.7. The fourth-order valence-electron chi connectivity index (χ4n) is 4.44. The van der Waals surface area contributed by atoms with Crippen molar-refractivity contribution in [2.75, 3.05) is 0 Å². The summed E-state index contributed by atoms with van der Waals surface area (Å²) < 4.78 is 5.27. The number of carbonyl (C=O) groups excluding carboxylic acids is 1. The second-order valence-electron chi connectivity index (χ2n) is 6.91. The smallest absolute Gasteiger partial charge is 0.311 e. The molecule has 2 aliphatic carbocycles. The number of hydrogen-bond donors (Lipinski definition) is 2. The molecule has 2 N–H and O–H groups in total. The summed E-state index contributed by atoms with van der Waals surface area (Å²) in [6.07, 6.45) is 2.19. The zero-order chi connectivity index (χ0) is 14.0. The lowest BCUT2D eigenvalue weighted by Gasteiger charge is -2.53. The lowest BCUT2D eigenvalue weighted by atomic mass is 9.54. The maximum absolute atomic E-state index is 11.7. The van der Waals surface area contributed by atoms with E-state index < -0.39 is 11.9 Å². The fraction of sp³-hybridized carbons (Fsp3) is 0.800. The minimum absolute atomic E-state index is 0.133. The number of rotatable bonds is 0. The molecule has 0 aromatic heterocycles. The molecule has 0 radical (unpaired) electrons. The molecule has 0 spiro atoms. The van der Waals surface area contributed by atoms with E-state index in [-0.39, 0.29) is 29.1 Å². The van der Waals surface area contributed by atoms with E-state index in [1.165, 1.54) is 0 Å². The average molecular weight is 266 g/mol. The SMILES string of the molecule is C=C1C(O)CC[C@]2(C)CC3(O)OC(=O)C(C)C3C[C@@H]12. The summed E-state index contributed by atoms with van der Waals surface area (Å²) in [7, 11) is 0. The second-order valence-corrected chi connectivity index (χ2v) is 6.91. The molecule has 4 nitrogen and oxygen atoms in total. The Morgan fingerprint density at radius 3 is 2.84 bits per heavy atom. The van der Waals surface area contributed by atoms with Crippen LogP contribution in [0.2, 0.25) is 0 Å². The van der Waals surface area contributed by atoms with E-state index in [9.17, 15) is 15.0 Å². The quantitative estimate of drug-likeness (QED) is 0.516. The topological polar surface area (TPSA) is 66.8 Å². The van der Waals surface area contributed by atoms with Gasteiger partial charge in [0.25, 0.3) is 0 Å². The fourth-order valence-corrected chi connectivity index (χ4v) is 4.44. The summed E-state index contributed by atoms with van der Waals surface area (Å²) in [5, 5.41) is 20.7. The Labute approximate surface area is 113 Å². The lowest BCUT2D eigenvalue weighted by molar-refractivity contribution is -0.239. The van der Waals surface area contributed by atoms with E-state index in [0.29, 0.717) is 19.3 Å². The normalized spacial score (nSPS) is 53.5. The largest absolute Gasteiger partial charge is 0.433 e. The Bertz CT molecular complexity index is 445. The van der Waals surface area contributed by atoms with E-state index in [1.807, 2.05) is 6.92 Å². The zero-order valence-electron chi connectivity index (χ0n) is 11.6. The van der Waals surface area contributed by atoms with Crippen LogP contribution in [-0.2, 0) is 9.53 Å². The van der Waals surface area contributed by atoms with Crippen LogP contribution in [-0.4, -0.2) is 28.1 Å². The van der Waals surface area contributed by atoms with Crippen molar-refractivity contribution in [3.05, 3.63) is 12.2 Å². The number of aliphatic hydroxyl groups excluding tert-OH is 1. The first-order valence-corrected chi connectivity index (χ1v) is 7.09. The van der Waals surface area contributed by atoms with Crippen molar-refractivity contribution in [3.63, 3.8) is 0 Å². The Hall–Kier alpha value is -0.870. The third-order valence-corrected chi connectivity index (χ3v) is 5.68.